The van der Waals surface area contributed by atoms with Gasteiger partial charge in [0, 0.05) is 20.1 Å². The third kappa shape index (κ3) is 7.81. The van der Waals surface area contributed by atoms with Crippen LogP contribution in [0.25, 0.3) is 0 Å². The van der Waals surface area contributed by atoms with Crippen molar-refractivity contribution in [3.05, 3.63) is 47.8 Å². The Morgan fingerprint density at radius 2 is 2.16 bits per heavy atom. The third-order valence-electron chi connectivity index (χ3n) is 2.41. The predicted octanol–water partition coefficient (Wildman–Crippen LogP) is 3.07. The topological polar surface area (TPSA) is 36.4 Å². The van der Waals surface area contributed by atoms with E-state index in [1.54, 1.807) is 13.1 Å². The van der Waals surface area contributed by atoms with E-state index in [-0.39, 0.29) is 29.8 Å². The van der Waals surface area contributed by atoms with E-state index >= 15 is 0 Å². The van der Waals surface area contributed by atoms with Gasteiger partial charge in [0.2, 0.25) is 0 Å². The standard InChI is InChI=1S/C14H20FN3.HI/c1-3-4-5-9-17-14(16-2)18-11-12-7-6-8-13(15)10-12;/h3-4,6-8,10H,5,9,11H2,1-2H3,(H2,16,17,18);1H. The highest BCUT2D eigenvalue weighted by atomic mass is 127. The third-order valence-corrected chi connectivity index (χ3v) is 2.41. The van der Waals surface area contributed by atoms with Crippen LogP contribution in [0.2, 0.25) is 0 Å². The van der Waals surface area contributed by atoms with E-state index in [9.17, 15) is 4.39 Å². The summed E-state index contributed by atoms with van der Waals surface area (Å²) in [7, 11) is 1.72. The molecule has 0 amide bonds. The van der Waals surface area contributed by atoms with Crippen molar-refractivity contribution in [1.82, 2.24) is 10.6 Å². The summed E-state index contributed by atoms with van der Waals surface area (Å²) in [4.78, 5) is 4.10. The molecule has 1 rings (SSSR count). The average molecular weight is 377 g/mol. The van der Waals surface area contributed by atoms with Gasteiger partial charge in [0.25, 0.3) is 0 Å². The minimum Gasteiger partial charge on any atom is -0.356 e. The Hall–Kier alpha value is -1.11. The van der Waals surface area contributed by atoms with Crippen LogP contribution in [0.15, 0.2) is 41.4 Å². The number of aliphatic imine (C=N–C) groups is 1. The molecule has 0 bridgehead atoms. The summed E-state index contributed by atoms with van der Waals surface area (Å²) in [5, 5.41) is 6.32. The highest BCUT2D eigenvalue weighted by Gasteiger charge is 1.98. The lowest BCUT2D eigenvalue weighted by Gasteiger charge is -2.11. The summed E-state index contributed by atoms with van der Waals surface area (Å²) in [5.41, 5.74) is 0.895. The lowest BCUT2D eigenvalue weighted by Crippen LogP contribution is -2.37. The Labute approximate surface area is 131 Å². The monoisotopic (exact) mass is 377 g/mol. The molecule has 0 aliphatic heterocycles. The number of nitrogens with zero attached hydrogens (tertiary/aromatic N) is 1. The van der Waals surface area contributed by atoms with Crippen LogP contribution >= 0.6 is 24.0 Å². The maximum absolute atomic E-state index is 13.0. The van der Waals surface area contributed by atoms with Gasteiger partial charge in [0.05, 0.1) is 0 Å². The lowest BCUT2D eigenvalue weighted by atomic mass is 10.2. The van der Waals surface area contributed by atoms with Gasteiger partial charge in [0.1, 0.15) is 5.82 Å². The molecule has 1 aromatic rings. The quantitative estimate of drug-likeness (QED) is 0.272. The Morgan fingerprint density at radius 1 is 1.37 bits per heavy atom. The number of hydrogen-bond acceptors (Lipinski definition) is 1. The Bertz CT molecular complexity index is 419. The largest absolute Gasteiger partial charge is 0.356 e. The molecule has 0 aliphatic carbocycles. The predicted molar refractivity (Wildman–Crippen MR) is 89.4 cm³/mol. The minimum atomic E-state index is -0.217. The summed E-state index contributed by atoms with van der Waals surface area (Å²) in [5.74, 6) is 0.508. The first-order chi connectivity index (χ1) is 8.76. The molecule has 106 valence electrons. The molecule has 5 heteroatoms. The second-order valence-electron chi connectivity index (χ2n) is 3.84. The molecular formula is C14H21FIN3. The molecule has 19 heavy (non-hydrogen) atoms. The molecule has 0 atom stereocenters. The van der Waals surface area contributed by atoms with E-state index in [1.807, 2.05) is 19.1 Å². The second kappa shape index (κ2) is 10.8. The van der Waals surface area contributed by atoms with Crippen molar-refractivity contribution >= 4 is 29.9 Å². The van der Waals surface area contributed by atoms with Crippen LogP contribution in [0.3, 0.4) is 0 Å². The second-order valence-corrected chi connectivity index (χ2v) is 3.84. The van der Waals surface area contributed by atoms with Crippen LogP contribution in [-0.2, 0) is 6.54 Å². The van der Waals surface area contributed by atoms with Gasteiger partial charge in [-0.05, 0) is 31.0 Å². The molecule has 2 N–H and O–H groups in total. The normalized spacial score (nSPS) is 11.2. The van der Waals surface area contributed by atoms with Crippen molar-refractivity contribution in [3.63, 3.8) is 0 Å². The van der Waals surface area contributed by atoms with E-state index in [0.29, 0.717) is 6.54 Å². The molecule has 0 radical (unpaired) electrons. The van der Waals surface area contributed by atoms with E-state index in [1.165, 1.54) is 12.1 Å². The highest BCUT2D eigenvalue weighted by Crippen LogP contribution is 2.02. The van der Waals surface area contributed by atoms with E-state index < -0.39 is 0 Å². The Kier molecular flexibility index (Phi) is 10.1. The van der Waals surface area contributed by atoms with Crippen LogP contribution in [0.5, 0.6) is 0 Å². The summed E-state index contributed by atoms with van der Waals surface area (Å²) in [6, 6.07) is 6.53. The van der Waals surface area contributed by atoms with Crippen LogP contribution in [0, 0.1) is 5.82 Å². The number of guanidine groups is 1. The lowest BCUT2D eigenvalue weighted by molar-refractivity contribution is 0.624. The van der Waals surface area contributed by atoms with Crippen LogP contribution in [0.4, 0.5) is 4.39 Å². The fourth-order valence-electron chi connectivity index (χ4n) is 1.49. The SMILES string of the molecule is CC=CCCNC(=NC)NCc1cccc(F)c1.I. The summed E-state index contributed by atoms with van der Waals surface area (Å²) in [6.07, 6.45) is 5.06. The number of nitrogens with one attached hydrogen (secondary N) is 2. The first-order valence-corrected chi connectivity index (χ1v) is 6.06. The van der Waals surface area contributed by atoms with Crippen molar-refractivity contribution in [2.75, 3.05) is 13.6 Å². The summed E-state index contributed by atoms with van der Waals surface area (Å²) in [6.45, 7) is 3.38. The Balaban J connectivity index is 0.00000324. The molecule has 0 fully saturated rings. The molecule has 3 nitrogen and oxygen atoms in total. The van der Waals surface area contributed by atoms with Crippen molar-refractivity contribution in [2.24, 2.45) is 4.99 Å². The van der Waals surface area contributed by atoms with Crippen LogP contribution in [0.1, 0.15) is 18.9 Å². The number of rotatable bonds is 5. The van der Waals surface area contributed by atoms with Crippen molar-refractivity contribution in [2.45, 2.75) is 19.9 Å². The molecule has 0 aromatic heterocycles. The van der Waals surface area contributed by atoms with Gasteiger partial charge in [-0.3, -0.25) is 4.99 Å². The Morgan fingerprint density at radius 3 is 2.79 bits per heavy atom. The maximum atomic E-state index is 13.0. The van der Waals surface area contributed by atoms with Crippen molar-refractivity contribution in [1.29, 1.82) is 0 Å². The molecule has 0 aliphatic rings. The zero-order valence-corrected chi connectivity index (χ0v) is 13.6. The fourth-order valence-corrected chi connectivity index (χ4v) is 1.49. The van der Waals surface area contributed by atoms with Gasteiger partial charge in [-0.15, -0.1) is 24.0 Å². The van der Waals surface area contributed by atoms with Gasteiger partial charge >= 0.3 is 0 Å². The molecule has 0 saturated carbocycles. The number of allylic oxidation sites excluding steroid dienone is 1. The number of hydrogen-bond donors (Lipinski definition) is 2. The summed E-state index contributed by atoms with van der Waals surface area (Å²) >= 11 is 0. The molecule has 0 spiro atoms. The van der Waals surface area contributed by atoms with Gasteiger partial charge in [-0.1, -0.05) is 24.3 Å². The van der Waals surface area contributed by atoms with Crippen LogP contribution < -0.4 is 10.6 Å². The number of benzene rings is 1. The van der Waals surface area contributed by atoms with Crippen LogP contribution in [-0.4, -0.2) is 19.6 Å². The minimum absolute atomic E-state index is 0. The molecule has 1 aromatic carbocycles. The van der Waals surface area contributed by atoms with E-state index in [0.717, 1.165) is 24.5 Å². The molecule has 0 unspecified atom stereocenters. The zero-order valence-electron chi connectivity index (χ0n) is 11.3. The highest BCUT2D eigenvalue weighted by molar-refractivity contribution is 14.0. The van der Waals surface area contributed by atoms with Crippen molar-refractivity contribution in [3.8, 4) is 0 Å². The van der Waals surface area contributed by atoms with Crippen molar-refractivity contribution < 1.29 is 4.39 Å². The fraction of sp³-hybridized carbons (Fsp3) is 0.357. The maximum Gasteiger partial charge on any atom is 0.191 e. The average Bonchev–Trinajstić information content (AvgIpc) is 2.38. The van der Waals surface area contributed by atoms with E-state index in [2.05, 4.69) is 21.7 Å². The molecule has 0 heterocycles. The van der Waals surface area contributed by atoms with Gasteiger partial charge in [0.15, 0.2) is 5.96 Å². The van der Waals surface area contributed by atoms with Gasteiger partial charge < -0.3 is 10.6 Å². The van der Waals surface area contributed by atoms with E-state index in [4.69, 9.17) is 0 Å². The molecular weight excluding hydrogens is 356 g/mol. The first kappa shape index (κ1) is 17.9. The molecule has 0 saturated heterocycles. The van der Waals surface area contributed by atoms with Gasteiger partial charge in [-0.25, -0.2) is 4.39 Å². The van der Waals surface area contributed by atoms with Gasteiger partial charge in [-0.2, -0.15) is 0 Å². The smallest absolute Gasteiger partial charge is 0.191 e. The first-order valence-electron chi connectivity index (χ1n) is 6.06. The summed E-state index contributed by atoms with van der Waals surface area (Å²) < 4.78 is 13.0. The number of halogens is 2. The zero-order chi connectivity index (χ0) is 13.2.